The van der Waals surface area contributed by atoms with Gasteiger partial charge < -0.3 is 14.2 Å². The van der Waals surface area contributed by atoms with E-state index in [2.05, 4.69) is 19.1 Å². The molecule has 0 aliphatic rings. The fraction of sp³-hybridized carbons (Fsp3) is 0.278. The Hall–Kier alpha value is -2.49. The number of rotatable bonds is 4. The Morgan fingerprint density at radius 1 is 0.864 bits per heavy atom. The molecule has 0 saturated carbocycles. The van der Waals surface area contributed by atoms with Gasteiger partial charge in [-0.15, -0.1) is 0 Å². The van der Waals surface area contributed by atoms with Gasteiger partial charge in [-0.1, -0.05) is 35.9 Å². The Kier molecular flexibility index (Phi) is 6.96. The molecule has 0 atom stereocenters. The van der Waals surface area contributed by atoms with Crippen molar-refractivity contribution < 1.29 is 19.0 Å². The van der Waals surface area contributed by atoms with E-state index in [1.54, 1.807) is 6.07 Å². The van der Waals surface area contributed by atoms with Crippen molar-refractivity contribution >= 4 is 6.29 Å². The summed E-state index contributed by atoms with van der Waals surface area (Å²) in [7, 11) is 4.53. The SMILES string of the molecule is COc1cc(C)c(C=O)c(OC)c1OC.Cc1ccccc1. The van der Waals surface area contributed by atoms with Crippen LogP contribution in [-0.2, 0) is 0 Å². The van der Waals surface area contributed by atoms with E-state index >= 15 is 0 Å². The molecule has 0 aliphatic carbocycles. The van der Waals surface area contributed by atoms with Gasteiger partial charge in [-0.25, -0.2) is 0 Å². The van der Waals surface area contributed by atoms with Crippen molar-refractivity contribution in [1.29, 1.82) is 0 Å². The molecule has 2 aromatic carbocycles. The number of hydrogen-bond donors (Lipinski definition) is 0. The molecule has 0 spiro atoms. The molecule has 0 fully saturated rings. The zero-order chi connectivity index (χ0) is 16.5. The number of methoxy groups -OCH3 is 3. The standard InChI is InChI=1S/C11H14O4.C7H8/c1-7-5-9(13-2)11(15-4)10(14-3)8(7)6-12;1-7-5-3-2-4-6-7/h5-6H,1-4H3;2-6H,1H3. The van der Waals surface area contributed by atoms with Gasteiger partial charge in [0.25, 0.3) is 0 Å². The van der Waals surface area contributed by atoms with Crippen molar-refractivity contribution in [3.8, 4) is 17.2 Å². The summed E-state index contributed by atoms with van der Waals surface area (Å²) in [4.78, 5) is 10.9. The first-order valence-corrected chi connectivity index (χ1v) is 6.85. The number of aldehydes is 1. The van der Waals surface area contributed by atoms with E-state index in [0.29, 0.717) is 22.8 Å². The third kappa shape index (κ3) is 4.25. The van der Waals surface area contributed by atoms with Crippen LogP contribution in [0.5, 0.6) is 17.2 Å². The van der Waals surface area contributed by atoms with Crippen molar-refractivity contribution in [1.82, 2.24) is 0 Å². The van der Waals surface area contributed by atoms with Crippen LogP contribution in [0.4, 0.5) is 0 Å². The highest BCUT2D eigenvalue weighted by Crippen LogP contribution is 2.40. The van der Waals surface area contributed by atoms with Crippen molar-refractivity contribution in [2.75, 3.05) is 21.3 Å². The molecule has 2 aromatic rings. The van der Waals surface area contributed by atoms with Crippen molar-refractivity contribution in [2.45, 2.75) is 13.8 Å². The van der Waals surface area contributed by atoms with Gasteiger partial charge in [0.05, 0.1) is 26.9 Å². The van der Waals surface area contributed by atoms with Crippen molar-refractivity contribution in [2.24, 2.45) is 0 Å². The summed E-state index contributed by atoms with van der Waals surface area (Å²) < 4.78 is 15.4. The van der Waals surface area contributed by atoms with Gasteiger partial charge in [-0.3, -0.25) is 4.79 Å². The summed E-state index contributed by atoms with van der Waals surface area (Å²) >= 11 is 0. The molecule has 0 radical (unpaired) electrons. The first-order valence-electron chi connectivity index (χ1n) is 6.85. The van der Waals surface area contributed by atoms with Crippen LogP contribution in [-0.4, -0.2) is 27.6 Å². The Morgan fingerprint density at radius 2 is 1.45 bits per heavy atom. The van der Waals surface area contributed by atoms with Crippen LogP contribution in [0.25, 0.3) is 0 Å². The predicted molar refractivity (Wildman–Crippen MR) is 87.4 cm³/mol. The molecule has 0 heterocycles. The van der Waals surface area contributed by atoms with Crippen LogP contribution >= 0.6 is 0 Å². The summed E-state index contributed by atoms with van der Waals surface area (Å²) in [5.41, 5.74) is 2.59. The highest BCUT2D eigenvalue weighted by molar-refractivity contribution is 5.84. The zero-order valence-corrected chi connectivity index (χ0v) is 13.7. The van der Waals surface area contributed by atoms with Gasteiger partial charge in [0.2, 0.25) is 5.75 Å². The lowest BCUT2D eigenvalue weighted by atomic mass is 10.1. The lowest BCUT2D eigenvalue weighted by Crippen LogP contribution is -2.00. The fourth-order valence-corrected chi connectivity index (χ4v) is 1.98. The maximum atomic E-state index is 10.9. The smallest absolute Gasteiger partial charge is 0.204 e. The monoisotopic (exact) mass is 302 g/mol. The first kappa shape index (κ1) is 17.6. The zero-order valence-electron chi connectivity index (χ0n) is 13.7. The summed E-state index contributed by atoms with van der Waals surface area (Å²) in [5, 5.41) is 0. The van der Waals surface area contributed by atoms with Crippen LogP contribution in [0.3, 0.4) is 0 Å². The molecular formula is C18H22O4. The maximum absolute atomic E-state index is 10.9. The van der Waals surface area contributed by atoms with E-state index in [4.69, 9.17) is 14.2 Å². The number of ether oxygens (including phenoxy) is 3. The highest BCUT2D eigenvalue weighted by Gasteiger charge is 2.17. The number of aryl methyl sites for hydroxylation is 2. The second kappa shape index (κ2) is 8.72. The molecule has 4 nitrogen and oxygen atoms in total. The molecule has 22 heavy (non-hydrogen) atoms. The molecule has 0 aromatic heterocycles. The maximum Gasteiger partial charge on any atom is 0.204 e. The number of carbonyl (C=O) groups is 1. The van der Waals surface area contributed by atoms with E-state index < -0.39 is 0 Å². The first-order chi connectivity index (χ1) is 10.6. The predicted octanol–water partition coefficient (Wildman–Crippen LogP) is 3.83. The van der Waals surface area contributed by atoms with Crippen LogP contribution in [0.2, 0.25) is 0 Å². The minimum Gasteiger partial charge on any atom is -0.493 e. The van der Waals surface area contributed by atoms with Crippen LogP contribution in [0, 0.1) is 13.8 Å². The number of benzene rings is 2. The van der Waals surface area contributed by atoms with Crippen LogP contribution < -0.4 is 14.2 Å². The van der Waals surface area contributed by atoms with Gasteiger partial charge in [0.15, 0.2) is 17.8 Å². The number of hydrogen-bond acceptors (Lipinski definition) is 4. The second-order valence-corrected chi connectivity index (χ2v) is 4.65. The van der Waals surface area contributed by atoms with E-state index in [0.717, 1.165) is 11.8 Å². The summed E-state index contributed by atoms with van der Waals surface area (Å²) in [5.74, 6) is 1.40. The minimum absolute atomic E-state index is 0.407. The molecule has 0 unspecified atom stereocenters. The van der Waals surface area contributed by atoms with E-state index in [9.17, 15) is 4.79 Å². The molecule has 0 bridgehead atoms. The van der Waals surface area contributed by atoms with Gasteiger partial charge >= 0.3 is 0 Å². The average molecular weight is 302 g/mol. The van der Waals surface area contributed by atoms with Gasteiger partial charge in [-0.05, 0) is 25.5 Å². The topological polar surface area (TPSA) is 44.8 Å². The van der Waals surface area contributed by atoms with E-state index in [-0.39, 0.29) is 0 Å². The molecular weight excluding hydrogens is 280 g/mol. The Morgan fingerprint density at radius 3 is 1.82 bits per heavy atom. The fourth-order valence-electron chi connectivity index (χ4n) is 1.98. The van der Waals surface area contributed by atoms with Crippen LogP contribution in [0.1, 0.15) is 21.5 Å². The third-order valence-electron chi connectivity index (χ3n) is 3.13. The van der Waals surface area contributed by atoms with Crippen molar-refractivity contribution in [3.63, 3.8) is 0 Å². The molecule has 0 amide bonds. The Bertz CT molecular complexity index is 606. The van der Waals surface area contributed by atoms with E-state index in [1.165, 1.54) is 26.9 Å². The molecule has 0 saturated heterocycles. The molecule has 2 rings (SSSR count). The lowest BCUT2D eigenvalue weighted by Gasteiger charge is -2.15. The molecule has 0 aliphatic heterocycles. The molecule has 118 valence electrons. The second-order valence-electron chi connectivity index (χ2n) is 4.65. The summed E-state index contributed by atoms with van der Waals surface area (Å²) in [6.07, 6.45) is 0.746. The quantitative estimate of drug-likeness (QED) is 0.805. The Balaban J connectivity index is 0.000000287. The van der Waals surface area contributed by atoms with Gasteiger partial charge in [-0.2, -0.15) is 0 Å². The lowest BCUT2D eigenvalue weighted by molar-refractivity contribution is 0.111. The average Bonchev–Trinajstić information content (AvgIpc) is 2.54. The molecule has 0 N–H and O–H groups in total. The normalized spacial score (nSPS) is 9.32. The van der Waals surface area contributed by atoms with E-state index in [1.807, 2.05) is 25.1 Å². The van der Waals surface area contributed by atoms with Crippen molar-refractivity contribution in [3.05, 3.63) is 53.1 Å². The van der Waals surface area contributed by atoms with Crippen LogP contribution in [0.15, 0.2) is 36.4 Å². The number of carbonyl (C=O) groups excluding carboxylic acids is 1. The summed E-state index contributed by atoms with van der Waals surface area (Å²) in [6.45, 7) is 3.90. The van der Waals surface area contributed by atoms with Gasteiger partial charge in [0.1, 0.15) is 0 Å². The Labute approximate surface area is 131 Å². The minimum atomic E-state index is 0.407. The largest absolute Gasteiger partial charge is 0.493 e. The third-order valence-corrected chi connectivity index (χ3v) is 3.13. The van der Waals surface area contributed by atoms with Gasteiger partial charge in [0, 0.05) is 0 Å². The summed E-state index contributed by atoms with van der Waals surface area (Å²) in [6, 6.07) is 12.0. The molecule has 4 heteroatoms. The highest BCUT2D eigenvalue weighted by atomic mass is 16.5.